The standard InChI is InChI=1S/C10H20N2/c1-7-3-4-10(11)9-6-12(2)5-8(7)9/h7-10H,3-6,11H2,1-2H3. The Kier molecular flexibility index (Phi) is 2.13. The van der Waals surface area contributed by atoms with E-state index in [-0.39, 0.29) is 0 Å². The van der Waals surface area contributed by atoms with E-state index in [2.05, 4.69) is 18.9 Å². The van der Waals surface area contributed by atoms with E-state index in [0.717, 1.165) is 17.8 Å². The summed E-state index contributed by atoms with van der Waals surface area (Å²) >= 11 is 0. The van der Waals surface area contributed by atoms with Gasteiger partial charge in [-0.05, 0) is 37.6 Å². The van der Waals surface area contributed by atoms with Gasteiger partial charge < -0.3 is 10.6 Å². The summed E-state index contributed by atoms with van der Waals surface area (Å²) in [5.74, 6) is 2.58. The number of nitrogens with two attached hydrogens (primary N) is 1. The maximum absolute atomic E-state index is 6.12. The van der Waals surface area contributed by atoms with Crippen molar-refractivity contribution < 1.29 is 0 Å². The lowest BCUT2D eigenvalue weighted by Gasteiger charge is -2.35. The molecule has 2 heteroatoms. The molecular formula is C10H20N2. The van der Waals surface area contributed by atoms with Crippen molar-refractivity contribution in [2.24, 2.45) is 23.5 Å². The van der Waals surface area contributed by atoms with Gasteiger partial charge in [0.15, 0.2) is 0 Å². The number of nitrogens with zero attached hydrogens (tertiary/aromatic N) is 1. The number of hydrogen-bond acceptors (Lipinski definition) is 2. The second-order valence-electron chi connectivity index (χ2n) is 4.77. The summed E-state index contributed by atoms with van der Waals surface area (Å²) in [5, 5.41) is 0. The molecule has 2 fully saturated rings. The topological polar surface area (TPSA) is 29.3 Å². The summed E-state index contributed by atoms with van der Waals surface area (Å²) in [6.07, 6.45) is 2.59. The van der Waals surface area contributed by atoms with Gasteiger partial charge in [-0.2, -0.15) is 0 Å². The minimum absolute atomic E-state index is 0.483. The third kappa shape index (κ3) is 1.27. The van der Waals surface area contributed by atoms with Gasteiger partial charge in [0.05, 0.1) is 0 Å². The van der Waals surface area contributed by atoms with Crippen LogP contribution in [0.15, 0.2) is 0 Å². The quantitative estimate of drug-likeness (QED) is 0.583. The van der Waals surface area contributed by atoms with Gasteiger partial charge >= 0.3 is 0 Å². The molecule has 1 heterocycles. The Morgan fingerprint density at radius 1 is 1.17 bits per heavy atom. The van der Waals surface area contributed by atoms with E-state index in [1.54, 1.807) is 0 Å². The van der Waals surface area contributed by atoms with Gasteiger partial charge in [-0.1, -0.05) is 6.92 Å². The SMILES string of the molecule is CC1CCC(N)C2CN(C)CC12. The van der Waals surface area contributed by atoms with Crippen molar-refractivity contribution in [1.82, 2.24) is 4.90 Å². The molecule has 1 aliphatic heterocycles. The van der Waals surface area contributed by atoms with Crippen LogP contribution in [0.2, 0.25) is 0 Å². The van der Waals surface area contributed by atoms with E-state index in [4.69, 9.17) is 5.73 Å². The Hall–Kier alpha value is -0.0800. The van der Waals surface area contributed by atoms with Crippen LogP contribution in [0.3, 0.4) is 0 Å². The number of hydrogen-bond donors (Lipinski definition) is 1. The highest BCUT2D eigenvalue weighted by molar-refractivity contribution is 4.94. The molecule has 4 atom stereocenters. The van der Waals surface area contributed by atoms with Crippen LogP contribution in [0.25, 0.3) is 0 Å². The maximum atomic E-state index is 6.12. The Bertz CT molecular complexity index is 151. The third-order valence-corrected chi connectivity index (χ3v) is 3.83. The lowest BCUT2D eigenvalue weighted by Crippen LogP contribution is -2.41. The molecule has 0 aromatic rings. The molecule has 12 heavy (non-hydrogen) atoms. The summed E-state index contributed by atoms with van der Waals surface area (Å²) in [6.45, 7) is 4.90. The normalized spacial score (nSPS) is 49.2. The maximum Gasteiger partial charge on any atom is 0.00827 e. The lowest BCUT2D eigenvalue weighted by molar-refractivity contribution is 0.188. The molecule has 2 N–H and O–H groups in total. The van der Waals surface area contributed by atoms with E-state index >= 15 is 0 Å². The molecule has 70 valence electrons. The van der Waals surface area contributed by atoms with Crippen LogP contribution >= 0.6 is 0 Å². The molecule has 4 unspecified atom stereocenters. The average Bonchev–Trinajstić information content (AvgIpc) is 2.41. The number of rotatable bonds is 0. The van der Waals surface area contributed by atoms with E-state index in [1.807, 2.05) is 0 Å². The van der Waals surface area contributed by atoms with Crippen LogP contribution < -0.4 is 5.73 Å². The van der Waals surface area contributed by atoms with Crippen LogP contribution in [-0.2, 0) is 0 Å². The van der Waals surface area contributed by atoms with Crippen LogP contribution in [0.5, 0.6) is 0 Å². The third-order valence-electron chi connectivity index (χ3n) is 3.83. The highest BCUT2D eigenvalue weighted by atomic mass is 15.1. The van der Waals surface area contributed by atoms with Gasteiger partial charge in [-0.15, -0.1) is 0 Å². The fourth-order valence-electron chi connectivity index (χ4n) is 3.00. The molecule has 1 saturated carbocycles. The van der Waals surface area contributed by atoms with E-state index in [9.17, 15) is 0 Å². The molecule has 0 aromatic carbocycles. The Balaban J connectivity index is 2.09. The fraction of sp³-hybridized carbons (Fsp3) is 1.00. The molecule has 0 amide bonds. The summed E-state index contributed by atoms with van der Waals surface area (Å²) in [6, 6.07) is 0.483. The summed E-state index contributed by atoms with van der Waals surface area (Å²) < 4.78 is 0. The van der Waals surface area contributed by atoms with E-state index < -0.39 is 0 Å². The summed E-state index contributed by atoms with van der Waals surface area (Å²) in [5.41, 5.74) is 6.12. The Morgan fingerprint density at radius 2 is 1.83 bits per heavy atom. The first-order chi connectivity index (χ1) is 5.68. The Morgan fingerprint density at radius 3 is 2.50 bits per heavy atom. The largest absolute Gasteiger partial charge is 0.327 e. The Labute approximate surface area is 75.1 Å². The van der Waals surface area contributed by atoms with Crippen molar-refractivity contribution in [2.75, 3.05) is 20.1 Å². The molecule has 2 nitrogen and oxygen atoms in total. The van der Waals surface area contributed by atoms with Crippen LogP contribution in [0.4, 0.5) is 0 Å². The van der Waals surface area contributed by atoms with Gasteiger partial charge in [0.2, 0.25) is 0 Å². The summed E-state index contributed by atoms with van der Waals surface area (Å²) in [7, 11) is 2.22. The molecule has 2 rings (SSSR count). The number of fused-ring (bicyclic) bond motifs is 1. The highest BCUT2D eigenvalue weighted by Crippen LogP contribution is 2.38. The van der Waals surface area contributed by atoms with Crippen molar-refractivity contribution in [1.29, 1.82) is 0 Å². The zero-order valence-electron chi connectivity index (χ0n) is 8.16. The zero-order valence-corrected chi connectivity index (χ0v) is 8.16. The average molecular weight is 168 g/mol. The minimum Gasteiger partial charge on any atom is -0.327 e. The van der Waals surface area contributed by atoms with Crippen molar-refractivity contribution in [3.63, 3.8) is 0 Å². The van der Waals surface area contributed by atoms with Crippen molar-refractivity contribution in [2.45, 2.75) is 25.8 Å². The summed E-state index contributed by atoms with van der Waals surface area (Å²) in [4.78, 5) is 2.44. The van der Waals surface area contributed by atoms with Gasteiger partial charge in [-0.3, -0.25) is 0 Å². The molecule has 1 saturated heterocycles. The van der Waals surface area contributed by atoms with Crippen molar-refractivity contribution >= 4 is 0 Å². The number of likely N-dealkylation sites (tertiary alicyclic amines) is 1. The van der Waals surface area contributed by atoms with Crippen molar-refractivity contribution in [3.05, 3.63) is 0 Å². The van der Waals surface area contributed by atoms with Crippen molar-refractivity contribution in [3.8, 4) is 0 Å². The first-order valence-electron chi connectivity index (χ1n) is 5.12. The minimum atomic E-state index is 0.483. The monoisotopic (exact) mass is 168 g/mol. The van der Waals surface area contributed by atoms with Gasteiger partial charge in [0, 0.05) is 19.1 Å². The van der Waals surface area contributed by atoms with E-state index in [0.29, 0.717) is 6.04 Å². The van der Waals surface area contributed by atoms with Gasteiger partial charge in [-0.25, -0.2) is 0 Å². The molecule has 0 aromatic heterocycles. The van der Waals surface area contributed by atoms with Gasteiger partial charge in [0.1, 0.15) is 0 Å². The molecule has 0 bridgehead atoms. The molecule has 0 radical (unpaired) electrons. The van der Waals surface area contributed by atoms with Crippen LogP contribution in [0, 0.1) is 17.8 Å². The fourth-order valence-corrected chi connectivity index (χ4v) is 3.00. The molecular weight excluding hydrogens is 148 g/mol. The van der Waals surface area contributed by atoms with E-state index in [1.165, 1.54) is 25.9 Å². The highest BCUT2D eigenvalue weighted by Gasteiger charge is 2.40. The first-order valence-corrected chi connectivity index (χ1v) is 5.12. The van der Waals surface area contributed by atoms with Gasteiger partial charge in [0.25, 0.3) is 0 Å². The predicted octanol–water partition coefficient (Wildman–Crippen LogP) is 0.921. The second-order valence-corrected chi connectivity index (χ2v) is 4.77. The van der Waals surface area contributed by atoms with Crippen LogP contribution in [0.1, 0.15) is 19.8 Å². The second kappa shape index (κ2) is 3.00. The first kappa shape index (κ1) is 8.52. The molecule has 0 spiro atoms. The predicted molar refractivity (Wildman–Crippen MR) is 50.9 cm³/mol. The molecule has 1 aliphatic carbocycles. The smallest absolute Gasteiger partial charge is 0.00827 e. The lowest BCUT2D eigenvalue weighted by atomic mass is 9.72. The van der Waals surface area contributed by atoms with Crippen LogP contribution in [-0.4, -0.2) is 31.1 Å². The zero-order chi connectivity index (χ0) is 8.72. The molecule has 2 aliphatic rings.